The summed E-state index contributed by atoms with van der Waals surface area (Å²) in [6, 6.07) is 10.6. The molecule has 8 nitrogen and oxygen atoms in total. The van der Waals surface area contributed by atoms with Crippen LogP contribution in [-0.2, 0) is 30.5 Å². The molecule has 0 spiro atoms. The summed E-state index contributed by atoms with van der Waals surface area (Å²) in [5.74, 6) is -0.947. The number of alkyl halides is 3. The number of hydrogen-bond donors (Lipinski definition) is 3. The van der Waals surface area contributed by atoms with Crippen LogP contribution in [0.1, 0.15) is 63.1 Å². The minimum Gasteiger partial charge on any atom is -0.462 e. The molecule has 1 aliphatic carbocycles. The molecular formula is C28H35ClF3N3O5S. The molecule has 0 heterocycles. The summed E-state index contributed by atoms with van der Waals surface area (Å²) < 4.78 is 71.9. The maximum Gasteiger partial charge on any atom is 0.416 e. The molecule has 0 radical (unpaired) electrons. The second kappa shape index (κ2) is 14.5. The fraction of sp³-hybridized carbons (Fsp3) is 0.500. The van der Waals surface area contributed by atoms with Crippen molar-refractivity contribution in [2.45, 2.75) is 75.1 Å². The minimum atomic E-state index is -4.56. The predicted molar refractivity (Wildman–Crippen MR) is 148 cm³/mol. The first kappa shape index (κ1) is 32.8. The molecule has 2 atom stereocenters. The van der Waals surface area contributed by atoms with Crippen molar-refractivity contribution in [2.24, 2.45) is 11.8 Å². The average Bonchev–Trinajstić information content (AvgIpc) is 2.93. The van der Waals surface area contributed by atoms with Crippen molar-refractivity contribution < 1.29 is 35.9 Å². The van der Waals surface area contributed by atoms with Crippen LogP contribution in [0.5, 0.6) is 0 Å². The van der Waals surface area contributed by atoms with Crippen molar-refractivity contribution in [3.63, 3.8) is 0 Å². The van der Waals surface area contributed by atoms with Crippen LogP contribution in [0.15, 0.2) is 59.5 Å². The summed E-state index contributed by atoms with van der Waals surface area (Å²) in [5, 5.41) is 2.96. The Hall–Kier alpha value is -2.67. The van der Waals surface area contributed by atoms with E-state index < -0.39 is 45.9 Å². The molecule has 3 rings (SSSR count). The first-order valence-electron chi connectivity index (χ1n) is 13.4. The Morgan fingerprint density at radius 2 is 1.61 bits per heavy atom. The van der Waals surface area contributed by atoms with Crippen LogP contribution in [-0.4, -0.2) is 39.0 Å². The van der Waals surface area contributed by atoms with E-state index in [-0.39, 0.29) is 29.2 Å². The SMILES string of the molecule is CC(C)C[C@H](NCl)C(=O)OC[C@@H](NC(=O)[C@H]1CC[C@H](NS(=O)(=O)c2ccc(C(F)(F)F)cc2)CC1)c1ccccc1. The van der Waals surface area contributed by atoms with Gasteiger partial charge in [-0.1, -0.05) is 44.2 Å². The van der Waals surface area contributed by atoms with Crippen LogP contribution in [0.3, 0.4) is 0 Å². The molecule has 3 N–H and O–H groups in total. The van der Waals surface area contributed by atoms with Crippen molar-refractivity contribution in [2.75, 3.05) is 6.61 Å². The van der Waals surface area contributed by atoms with Crippen LogP contribution in [0.4, 0.5) is 13.2 Å². The predicted octanol–water partition coefficient (Wildman–Crippen LogP) is 5.10. The van der Waals surface area contributed by atoms with Crippen molar-refractivity contribution in [1.29, 1.82) is 0 Å². The van der Waals surface area contributed by atoms with E-state index in [9.17, 15) is 31.2 Å². The van der Waals surface area contributed by atoms with E-state index in [1.54, 1.807) is 0 Å². The van der Waals surface area contributed by atoms with Gasteiger partial charge in [0, 0.05) is 12.0 Å². The van der Waals surface area contributed by atoms with Gasteiger partial charge >= 0.3 is 12.1 Å². The topological polar surface area (TPSA) is 114 Å². The zero-order chi connectivity index (χ0) is 30.2. The van der Waals surface area contributed by atoms with E-state index in [1.807, 2.05) is 44.2 Å². The van der Waals surface area contributed by atoms with E-state index in [1.165, 1.54) is 0 Å². The minimum absolute atomic E-state index is 0.0932. The molecule has 13 heteroatoms. The van der Waals surface area contributed by atoms with Gasteiger partial charge in [-0.3, -0.25) is 9.59 Å². The third kappa shape index (κ3) is 9.69. The highest BCUT2D eigenvalue weighted by Crippen LogP contribution is 2.30. The normalized spacial score (nSPS) is 19.4. The van der Waals surface area contributed by atoms with E-state index in [4.69, 9.17) is 16.5 Å². The van der Waals surface area contributed by atoms with Gasteiger partial charge in [-0.2, -0.15) is 13.2 Å². The second-order valence-electron chi connectivity index (χ2n) is 10.6. The first-order chi connectivity index (χ1) is 19.3. The van der Waals surface area contributed by atoms with Gasteiger partial charge in [-0.05, 0) is 79.6 Å². The summed E-state index contributed by atoms with van der Waals surface area (Å²) >= 11 is 5.73. The number of carbonyl (C=O) groups is 2. The van der Waals surface area contributed by atoms with E-state index in [2.05, 4.69) is 14.9 Å². The number of halogens is 4. The van der Waals surface area contributed by atoms with E-state index >= 15 is 0 Å². The number of ether oxygens (including phenoxy) is 1. The number of benzene rings is 2. The van der Waals surface area contributed by atoms with Crippen LogP contribution in [0.25, 0.3) is 0 Å². The van der Waals surface area contributed by atoms with Gasteiger partial charge in [-0.15, -0.1) is 0 Å². The van der Waals surface area contributed by atoms with Crippen molar-refractivity contribution in [3.05, 3.63) is 65.7 Å². The van der Waals surface area contributed by atoms with Gasteiger partial charge in [0.05, 0.1) is 16.5 Å². The standard InChI is InChI=1S/C28H35ClF3N3O5S/c1-18(2)16-24(34-29)27(37)40-17-25(19-6-4-3-5-7-19)33-26(36)20-8-12-22(13-9-20)35-41(38,39)23-14-10-21(11-15-23)28(30,31)32/h3-7,10-11,14-15,18,20,22,24-25,34-35H,8-9,12-13,16-17H2,1-2H3,(H,33,36)/t20-,22-,24-,25+/m0/s1. The Labute approximate surface area is 243 Å². The number of rotatable bonds is 12. The zero-order valence-electron chi connectivity index (χ0n) is 22.8. The van der Waals surface area contributed by atoms with Crippen molar-refractivity contribution in [3.8, 4) is 0 Å². The van der Waals surface area contributed by atoms with Crippen molar-refractivity contribution in [1.82, 2.24) is 14.9 Å². The Morgan fingerprint density at radius 3 is 2.15 bits per heavy atom. The molecular weight excluding hydrogens is 583 g/mol. The summed E-state index contributed by atoms with van der Waals surface area (Å²) in [6.45, 7) is 3.82. The lowest BCUT2D eigenvalue weighted by Gasteiger charge is -2.30. The molecule has 0 unspecified atom stereocenters. The Balaban J connectivity index is 1.57. The maximum atomic E-state index is 13.2. The molecule has 226 valence electrons. The molecule has 2 aromatic rings. The lowest BCUT2D eigenvalue weighted by molar-refractivity contribution is -0.147. The van der Waals surface area contributed by atoms with E-state index in [0.717, 1.165) is 29.8 Å². The summed E-state index contributed by atoms with van der Waals surface area (Å²) in [4.78, 5) is 27.9. The van der Waals surface area contributed by atoms with Gasteiger partial charge < -0.3 is 10.1 Å². The third-order valence-electron chi connectivity index (χ3n) is 6.95. The Morgan fingerprint density at radius 1 is 1.00 bits per heavy atom. The Kier molecular flexibility index (Phi) is 11.6. The van der Waals surface area contributed by atoms with E-state index in [0.29, 0.717) is 32.1 Å². The number of esters is 1. The fourth-order valence-electron chi connectivity index (χ4n) is 4.70. The van der Waals surface area contributed by atoms with Crippen LogP contribution < -0.4 is 14.9 Å². The zero-order valence-corrected chi connectivity index (χ0v) is 24.4. The molecule has 0 saturated heterocycles. The van der Waals surface area contributed by atoms with Gasteiger partial charge in [0.1, 0.15) is 12.6 Å². The molecule has 1 aliphatic rings. The smallest absolute Gasteiger partial charge is 0.416 e. The van der Waals surface area contributed by atoms with Gasteiger partial charge in [0.2, 0.25) is 15.9 Å². The summed E-state index contributed by atoms with van der Waals surface area (Å²) in [7, 11) is -4.03. The number of hydrogen-bond acceptors (Lipinski definition) is 6. The highest BCUT2D eigenvalue weighted by atomic mass is 35.5. The molecule has 1 amide bonds. The van der Waals surface area contributed by atoms with Crippen molar-refractivity contribution >= 4 is 33.7 Å². The maximum absolute atomic E-state index is 13.2. The largest absolute Gasteiger partial charge is 0.462 e. The lowest BCUT2D eigenvalue weighted by atomic mass is 9.85. The molecule has 41 heavy (non-hydrogen) atoms. The molecule has 1 fully saturated rings. The highest BCUT2D eigenvalue weighted by Gasteiger charge is 2.33. The number of sulfonamides is 1. The van der Waals surface area contributed by atoms with Gasteiger partial charge in [-0.25, -0.2) is 18.0 Å². The highest BCUT2D eigenvalue weighted by molar-refractivity contribution is 7.89. The van der Waals surface area contributed by atoms with Crippen LogP contribution in [0.2, 0.25) is 0 Å². The molecule has 0 aromatic heterocycles. The number of carbonyl (C=O) groups excluding carboxylic acids is 2. The molecule has 0 aliphatic heterocycles. The Bertz CT molecular complexity index is 1250. The van der Waals surface area contributed by atoms with Gasteiger partial charge in [0.15, 0.2) is 0 Å². The molecule has 1 saturated carbocycles. The molecule has 0 bridgehead atoms. The second-order valence-corrected chi connectivity index (χ2v) is 12.5. The van der Waals surface area contributed by atoms with Crippen LogP contribution in [0, 0.1) is 11.8 Å². The molecule has 2 aromatic carbocycles. The lowest BCUT2D eigenvalue weighted by Crippen LogP contribution is -2.42. The quantitative estimate of drug-likeness (QED) is 0.226. The first-order valence-corrected chi connectivity index (χ1v) is 15.2. The van der Waals surface area contributed by atoms with Crippen LogP contribution >= 0.6 is 11.8 Å². The number of nitrogens with one attached hydrogen (secondary N) is 3. The number of amides is 1. The fourth-order valence-corrected chi connectivity index (χ4v) is 6.19. The third-order valence-corrected chi connectivity index (χ3v) is 8.75. The van der Waals surface area contributed by atoms with Gasteiger partial charge in [0.25, 0.3) is 0 Å². The summed E-state index contributed by atoms with van der Waals surface area (Å²) in [6.07, 6.45) is -2.52. The summed E-state index contributed by atoms with van der Waals surface area (Å²) in [5.41, 5.74) is -0.177. The monoisotopic (exact) mass is 617 g/mol. The average molecular weight is 618 g/mol.